The number of rotatable bonds is 15. The van der Waals surface area contributed by atoms with Crippen molar-refractivity contribution in [1.29, 1.82) is 0 Å². The zero-order valence-electron chi connectivity index (χ0n) is 14.3. The average molecular weight is 315 g/mol. The van der Waals surface area contributed by atoms with Gasteiger partial charge in [0.25, 0.3) is 0 Å². The van der Waals surface area contributed by atoms with Crippen LogP contribution in [0.4, 0.5) is 0 Å². The van der Waals surface area contributed by atoms with Gasteiger partial charge < -0.3 is 21.1 Å². The summed E-state index contributed by atoms with van der Waals surface area (Å²) >= 11 is 0. The van der Waals surface area contributed by atoms with Gasteiger partial charge in [-0.25, -0.2) is 0 Å². The molecule has 0 spiro atoms. The van der Waals surface area contributed by atoms with Crippen molar-refractivity contribution in [2.45, 2.75) is 96.1 Å². The number of aliphatic hydroxyl groups is 3. The minimum atomic E-state index is -1.15. The lowest BCUT2D eigenvalue weighted by atomic mass is 10.0. The highest BCUT2D eigenvalue weighted by Gasteiger charge is 2.17. The second-order valence-electron chi connectivity index (χ2n) is 6.24. The summed E-state index contributed by atoms with van der Waals surface area (Å²) in [6, 6.07) is -0.812. The second kappa shape index (κ2) is 15.3. The summed E-state index contributed by atoms with van der Waals surface area (Å²) in [6.07, 6.45) is 15.4. The number of allylic oxidation sites excluding steroid dienone is 1. The van der Waals surface area contributed by atoms with E-state index in [2.05, 4.69) is 6.92 Å². The summed E-state index contributed by atoms with van der Waals surface area (Å²) in [4.78, 5) is 0. The number of hydrogen-bond donors (Lipinski definition) is 4. The van der Waals surface area contributed by atoms with Crippen LogP contribution in [0.1, 0.15) is 84.0 Å². The zero-order chi connectivity index (χ0) is 16.6. The molecule has 4 nitrogen and oxygen atoms in total. The summed E-state index contributed by atoms with van der Waals surface area (Å²) in [5, 5.41) is 28.0. The van der Waals surface area contributed by atoms with Crippen LogP contribution in [-0.2, 0) is 0 Å². The van der Waals surface area contributed by atoms with Crippen LogP contribution in [0.15, 0.2) is 11.8 Å². The zero-order valence-corrected chi connectivity index (χ0v) is 14.3. The molecule has 4 heteroatoms. The van der Waals surface area contributed by atoms with Crippen molar-refractivity contribution >= 4 is 0 Å². The first-order chi connectivity index (χ1) is 10.6. The van der Waals surface area contributed by atoms with Gasteiger partial charge in [-0.15, -0.1) is 0 Å². The lowest BCUT2D eigenvalue weighted by molar-refractivity contribution is 0.0983. The number of hydrogen-bond acceptors (Lipinski definition) is 4. The van der Waals surface area contributed by atoms with E-state index in [0.717, 1.165) is 19.3 Å². The average Bonchev–Trinajstić information content (AvgIpc) is 2.54. The van der Waals surface area contributed by atoms with Gasteiger partial charge in [0, 0.05) is 0 Å². The molecule has 2 unspecified atom stereocenters. The third kappa shape index (κ3) is 12.0. The third-order valence-electron chi connectivity index (χ3n) is 4.08. The Balaban J connectivity index is 3.39. The summed E-state index contributed by atoms with van der Waals surface area (Å²) in [6.45, 7) is 1.91. The highest BCUT2D eigenvalue weighted by atomic mass is 16.3. The lowest BCUT2D eigenvalue weighted by Crippen LogP contribution is -2.39. The SMILES string of the molecule is CCCCCCCCCCCCCC=C(O)C(O)C(N)CO. The van der Waals surface area contributed by atoms with Crippen molar-refractivity contribution in [2.24, 2.45) is 5.73 Å². The molecule has 0 aliphatic rings. The van der Waals surface area contributed by atoms with E-state index < -0.39 is 12.1 Å². The van der Waals surface area contributed by atoms with Crippen molar-refractivity contribution in [3.8, 4) is 0 Å². The van der Waals surface area contributed by atoms with Gasteiger partial charge in [-0.05, 0) is 18.9 Å². The molecule has 0 aliphatic carbocycles. The van der Waals surface area contributed by atoms with Crippen LogP contribution in [0.3, 0.4) is 0 Å². The summed E-state index contributed by atoms with van der Waals surface area (Å²) in [5.74, 6) is -0.117. The Morgan fingerprint density at radius 2 is 1.36 bits per heavy atom. The molecule has 0 aromatic carbocycles. The molecule has 22 heavy (non-hydrogen) atoms. The van der Waals surface area contributed by atoms with Crippen LogP contribution in [0.25, 0.3) is 0 Å². The van der Waals surface area contributed by atoms with E-state index in [1.165, 1.54) is 57.8 Å². The van der Waals surface area contributed by atoms with Crippen LogP contribution in [0.5, 0.6) is 0 Å². The molecular formula is C18H37NO3. The Labute approximate surface area is 136 Å². The predicted octanol–water partition coefficient (Wildman–Crippen LogP) is 3.81. The molecule has 0 bridgehead atoms. The van der Waals surface area contributed by atoms with Gasteiger partial charge in [-0.1, -0.05) is 71.1 Å². The molecule has 0 aromatic rings. The van der Waals surface area contributed by atoms with Gasteiger partial charge in [0.2, 0.25) is 0 Å². The van der Waals surface area contributed by atoms with E-state index in [1.807, 2.05) is 0 Å². The Bertz CT molecular complexity index is 269. The normalized spacial score (nSPS) is 15.0. The van der Waals surface area contributed by atoms with E-state index in [9.17, 15) is 10.2 Å². The highest BCUT2D eigenvalue weighted by Crippen LogP contribution is 2.12. The van der Waals surface area contributed by atoms with Gasteiger partial charge >= 0.3 is 0 Å². The minimum absolute atomic E-state index is 0.117. The van der Waals surface area contributed by atoms with Gasteiger partial charge in [-0.3, -0.25) is 0 Å². The molecule has 0 saturated carbocycles. The fraction of sp³-hybridized carbons (Fsp3) is 0.889. The van der Waals surface area contributed by atoms with Crippen LogP contribution >= 0.6 is 0 Å². The Morgan fingerprint density at radius 1 is 0.909 bits per heavy atom. The topological polar surface area (TPSA) is 86.7 Å². The maximum Gasteiger partial charge on any atom is 0.128 e. The minimum Gasteiger partial charge on any atom is -0.510 e. The van der Waals surface area contributed by atoms with E-state index in [-0.39, 0.29) is 12.4 Å². The van der Waals surface area contributed by atoms with Crippen molar-refractivity contribution in [1.82, 2.24) is 0 Å². The second-order valence-corrected chi connectivity index (χ2v) is 6.24. The largest absolute Gasteiger partial charge is 0.510 e. The Hall–Kier alpha value is -0.580. The van der Waals surface area contributed by atoms with Gasteiger partial charge in [0.05, 0.1) is 12.6 Å². The van der Waals surface area contributed by atoms with Crippen LogP contribution in [0, 0.1) is 0 Å². The van der Waals surface area contributed by atoms with Crippen molar-refractivity contribution in [2.75, 3.05) is 6.61 Å². The van der Waals surface area contributed by atoms with Crippen LogP contribution < -0.4 is 5.73 Å². The molecule has 0 radical (unpaired) electrons. The van der Waals surface area contributed by atoms with Gasteiger partial charge in [-0.2, -0.15) is 0 Å². The molecule has 0 saturated heterocycles. The Kier molecular flexibility index (Phi) is 14.9. The standard InChI is InChI=1S/C18H37NO3/c1-2-3-4-5-6-7-8-9-10-11-12-13-14-17(21)18(22)16(19)15-20/h14,16,18,20-22H,2-13,15,19H2,1H3. The molecule has 0 amide bonds. The molecule has 5 N–H and O–H groups in total. The third-order valence-corrected chi connectivity index (χ3v) is 4.08. The van der Waals surface area contributed by atoms with Gasteiger partial charge in [0.15, 0.2) is 0 Å². The van der Waals surface area contributed by atoms with E-state index in [4.69, 9.17) is 10.8 Å². The monoisotopic (exact) mass is 315 g/mol. The number of aliphatic hydroxyl groups excluding tert-OH is 3. The molecule has 0 heterocycles. The smallest absolute Gasteiger partial charge is 0.128 e. The van der Waals surface area contributed by atoms with Crippen molar-refractivity contribution < 1.29 is 15.3 Å². The first kappa shape index (κ1) is 21.4. The first-order valence-corrected chi connectivity index (χ1v) is 9.07. The lowest BCUT2D eigenvalue weighted by Gasteiger charge is -2.15. The van der Waals surface area contributed by atoms with Crippen LogP contribution in [-0.4, -0.2) is 34.1 Å². The Morgan fingerprint density at radius 3 is 1.82 bits per heavy atom. The van der Waals surface area contributed by atoms with E-state index in [0.29, 0.717) is 0 Å². The molecule has 0 fully saturated rings. The van der Waals surface area contributed by atoms with Crippen LogP contribution in [0.2, 0.25) is 0 Å². The fourth-order valence-corrected chi connectivity index (χ4v) is 2.50. The quantitative estimate of drug-likeness (QED) is 0.273. The molecule has 0 rings (SSSR count). The molecule has 2 atom stereocenters. The highest BCUT2D eigenvalue weighted by molar-refractivity contribution is 5.01. The molecule has 0 aliphatic heterocycles. The predicted molar refractivity (Wildman–Crippen MR) is 92.9 cm³/mol. The van der Waals surface area contributed by atoms with E-state index in [1.54, 1.807) is 6.08 Å². The first-order valence-electron chi connectivity index (χ1n) is 9.07. The summed E-state index contributed by atoms with van der Waals surface area (Å²) in [7, 11) is 0. The molecular weight excluding hydrogens is 278 g/mol. The molecule has 0 aromatic heterocycles. The van der Waals surface area contributed by atoms with Crippen molar-refractivity contribution in [3.05, 3.63) is 11.8 Å². The van der Waals surface area contributed by atoms with Crippen molar-refractivity contribution in [3.63, 3.8) is 0 Å². The maximum absolute atomic E-state index is 9.60. The molecule has 132 valence electrons. The fourth-order valence-electron chi connectivity index (χ4n) is 2.50. The van der Waals surface area contributed by atoms with Gasteiger partial charge in [0.1, 0.15) is 11.9 Å². The van der Waals surface area contributed by atoms with E-state index >= 15 is 0 Å². The number of nitrogens with two attached hydrogens (primary N) is 1. The number of unbranched alkanes of at least 4 members (excludes halogenated alkanes) is 11. The maximum atomic E-state index is 9.60. The summed E-state index contributed by atoms with van der Waals surface area (Å²) < 4.78 is 0. The summed E-state index contributed by atoms with van der Waals surface area (Å²) in [5.41, 5.74) is 5.45.